The number of rotatable bonds is 4. The van der Waals surface area contributed by atoms with Crippen molar-refractivity contribution in [1.29, 1.82) is 5.26 Å². The predicted octanol–water partition coefficient (Wildman–Crippen LogP) is 2.41. The third-order valence-electron chi connectivity index (χ3n) is 5.18. The molecule has 5 heteroatoms. The molecule has 1 N–H and O–H groups in total. The Hall–Kier alpha value is -2.06. The summed E-state index contributed by atoms with van der Waals surface area (Å²) in [5.41, 5.74) is 1.85. The number of nitriles is 1. The highest BCUT2D eigenvalue weighted by Gasteiger charge is 2.34. The van der Waals surface area contributed by atoms with Gasteiger partial charge in [-0.2, -0.15) is 5.26 Å². The number of para-hydroxylation sites is 1. The van der Waals surface area contributed by atoms with Gasteiger partial charge < -0.3 is 15.0 Å². The standard InChI is InChI=1S/C19H25N3O2/c1-15-6-7-16-4-2-3-5-17(16)22(15)11-8-18(23)21-19(14-20)9-12-24-13-10-19/h2-5,15H,6-13H2,1H3,(H,21,23). The Bertz CT molecular complexity index is 632. The maximum atomic E-state index is 12.4. The van der Waals surface area contributed by atoms with E-state index < -0.39 is 5.54 Å². The second-order valence-corrected chi connectivity index (χ2v) is 6.81. The van der Waals surface area contributed by atoms with Gasteiger partial charge >= 0.3 is 0 Å². The molecule has 2 aliphatic rings. The van der Waals surface area contributed by atoms with Crippen LogP contribution < -0.4 is 10.2 Å². The number of amides is 1. The number of nitrogens with zero attached hydrogens (tertiary/aromatic N) is 2. The average molecular weight is 327 g/mol. The number of anilines is 1. The van der Waals surface area contributed by atoms with Crippen molar-refractivity contribution in [2.75, 3.05) is 24.7 Å². The first-order chi connectivity index (χ1) is 11.6. The summed E-state index contributed by atoms with van der Waals surface area (Å²) in [7, 11) is 0. The van der Waals surface area contributed by atoms with Crippen molar-refractivity contribution in [1.82, 2.24) is 5.32 Å². The molecule has 5 nitrogen and oxygen atoms in total. The van der Waals surface area contributed by atoms with E-state index in [0.29, 0.717) is 45.1 Å². The smallest absolute Gasteiger partial charge is 0.223 e. The number of carbonyl (C=O) groups excluding carboxylic acids is 1. The van der Waals surface area contributed by atoms with Gasteiger partial charge in [0.05, 0.1) is 6.07 Å². The van der Waals surface area contributed by atoms with Crippen LogP contribution >= 0.6 is 0 Å². The summed E-state index contributed by atoms with van der Waals surface area (Å²) in [5.74, 6) is -0.0475. The quantitative estimate of drug-likeness (QED) is 0.922. The number of hydrogen-bond acceptors (Lipinski definition) is 4. The molecule has 1 unspecified atom stereocenters. The number of benzene rings is 1. The molecule has 0 radical (unpaired) electrons. The summed E-state index contributed by atoms with van der Waals surface area (Å²) in [6, 6.07) is 11.1. The second-order valence-electron chi connectivity index (χ2n) is 6.81. The summed E-state index contributed by atoms with van der Waals surface area (Å²) >= 11 is 0. The zero-order chi connectivity index (χ0) is 17.0. The summed E-state index contributed by atoms with van der Waals surface area (Å²) in [4.78, 5) is 14.7. The van der Waals surface area contributed by atoms with Crippen LogP contribution in [-0.4, -0.2) is 37.2 Å². The van der Waals surface area contributed by atoms with E-state index in [0.717, 1.165) is 12.8 Å². The minimum absolute atomic E-state index is 0.0475. The third-order valence-corrected chi connectivity index (χ3v) is 5.18. The van der Waals surface area contributed by atoms with Crippen LogP contribution in [0, 0.1) is 11.3 Å². The van der Waals surface area contributed by atoms with Crippen molar-refractivity contribution in [2.45, 2.75) is 50.6 Å². The van der Waals surface area contributed by atoms with Crippen LogP contribution in [0.25, 0.3) is 0 Å². The van der Waals surface area contributed by atoms with Gasteiger partial charge in [0.15, 0.2) is 0 Å². The molecular weight excluding hydrogens is 302 g/mol. The molecule has 1 fully saturated rings. The Balaban J connectivity index is 1.61. The summed E-state index contributed by atoms with van der Waals surface area (Å²) in [6.45, 7) is 3.96. The number of aryl methyl sites for hydroxylation is 1. The first-order valence-corrected chi connectivity index (χ1v) is 8.78. The minimum Gasteiger partial charge on any atom is -0.381 e. The Morgan fingerprint density at radius 1 is 1.42 bits per heavy atom. The van der Waals surface area contributed by atoms with E-state index in [9.17, 15) is 10.1 Å². The molecule has 1 aromatic rings. The zero-order valence-electron chi connectivity index (χ0n) is 14.3. The number of hydrogen-bond donors (Lipinski definition) is 1. The molecule has 0 saturated carbocycles. The molecule has 1 aromatic carbocycles. The van der Waals surface area contributed by atoms with Crippen molar-refractivity contribution in [3.63, 3.8) is 0 Å². The van der Waals surface area contributed by atoms with Crippen LogP contribution in [-0.2, 0) is 16.0 Å². The van der Waals surface area contributed by atoms with Crippen LogP contribution in [0.3, 0.4) is 0 Å². The molecule has 2 heterocycles. The fourth-order valence-electron chi connectivity index (χ4n) is 3.64. The first kappa shape index (κ1) is 16.8. The van der Waals surface area contributed by atoms with E-state index in [1.54, 1.807) is 0 Å². The van der Waals surface area contributed by atoms with E-state index in [1.165, 1.54) is 11.3 Å². The highest BCUT2D eigenvalue weighted by Crippen LogP contribution is 2.30. The van der Waals surface area contributed by atoms with Crippen molar-refractivity contribution in [3.8, 4) is 6.07 Å². The summed E-state index contributed by atoms with van der Waals surface area (Å²) in [6.07, 6.45) is 3.75. The Labute approximate surface area is 143 Å². The molecule has 128 valence electrons. The normalized spacial score (nSPS) is 22.3. The van der Waals surface area contributed by atoms with Gasteiger partial charge in [0.1, 0.15) is 5.54 Å². The van der Waals surface area contributed by atoms with Crippen molar-refractivity contribution in [3.05, 3.63) is 29.8 Å². The van der Waals surface area contributed by atoms with Crippen molar-refractivity contribution >= 4 is 11.6 Å². The molecule has 1 amide bonds. The van der Waals surface area contributed by atoms with Gasteiger partial charge in [-0.05, 0) is 31.4 Å². The number of carbonyl (C=O) groups is 1. The molecule has 0 bridgehead atoms. The predicted molar refractivity (Wildman–Crippen MR) is 92.7 cm³/mol. The lowest BCUT2D eigenvalue weighted by Crippen LogP contribution is -2.51. The van der Waals surface area contributed by atoms with E-state index in [2.05, 4.69) is 47.5 Å². The maximum absolute atomic E-state index is 12.4. The van der Waals surface area contributed by atoms with Gasteiger partial charge in [0, 0.05) is 50.8 Å². The zero-order valence-corrected chi connectivity index (χ0v) is 14.3. The highest BCUT2D eigenvalue weighted by atomic mass is 16.5. The van der Waals surface area contributed by atoms with Gasteiger partial charge in [-0.1, -0.05) is 18.2 Å². The number of ether oxygens (including phenoxy) is 1. The van der Waals surface area contributed by atoms with Crippen LogP contribution in [0.5, 0.6) is 0 Å². The third kappa shape index (κ3) is 3.54. The molecule has 3 rings (SSSR count). The molecule has 1 saturated heterocycles. The summed E-state index contributed by atoms with van der Waals surface area (Å²) in [5, 5.41) is 12.4. The molecule has 1 atom stereocenters. The molecule has 2 aliphatic heterocycles. The lowest BCUT2D eigenvalue weighted by molar-refractivity contribution is -0.123. The summed E-state index contributed by atoms with van der Waals surface area (Å²) < 4.78 is 5.31. The van der Waals surface area contributed by atoms with Crippen LogP contribution in [0.1, 0.15) is 38.2 Å². The van der Waals surface area contributed by atoms with Crippen LogP contribution in [0.2, 0.25) is 0 Å². The number of fused-ring (bicyclic) bond motifs is 1. The Morgan fingerprint density at radius 2 is 2.17 bits per heavy atom. The van der Waals surface area contributed by atoms with Gasteiger partial charge in [0.2, 0.25) is 5.91 Å². The minimum atomic E-state index is -0.749. The van der Waals surface area contributed by atoms with Crippen LogP contribution in [0.15, 0.2) is 24.3 Å². The lowest BCUT2D eigenvalue weighted by Gasteiger charge is -2.37. The molecule has 0 spiro atoms. The van der Waals surface area contributed by atoms with E-state index >= 15 is 0 Å². The molecular formula is C19H25N3O2. The first-order valence-electron chi connectivity index (χ1n) is 8.78. The fourth-order valence-corrected chi connectivity index (χ4v) is 3.64. The number of nitrogens with one attached hydrogen (secondary N) is 1. The SMILES string of the molecule is CC1CCc2ccccc2N1CCC(=O)NC1(C#N)CCOCC1. The Morgan fingerprint density at radius 3 is 2.92 bits per heavy atom. The monoisotopic (exact) mass is 327 g/mol. The van der Waals surface area contributed by atoms with Gasteiger partial charge in [-0.15, -0.1) is 0 Å². The molecule has 24 heavy (non-hydrogen) atoms. The maximum Gasteiger partial charge on any atom is 0.223 e. The van der Waals surface area contributed by atoms with E-state index in [-0.39, 0.29) is 5.91 Å². The van der Waals surface area contributed by atoms with E-state index in [1.807, 2.05) is 0 Å². The van der Waals surface area contributed by atoms with Gasteiger partial charge in [0.25, 0.3) is 0 Å². The Kier molecular flexibility index (Phi) is 5.06. The fraction of sp³-hybridized carbons (Fsp3) is 0.579. The molecule has 0 aromatic heterocycles. The van der Waals surface area contributed by atoms with Crippen LogP contribution in [0.4, 0.5) is 5.69 Å². The van der Waals surface area contributed by atoms with Crippen molar-refractivity contribution < 1.29 is 9.53 Å². The highest BCUT2D eigenvalue weighted by molar-refractivity contribution is 5.78. The van der Waals surface area contributed by atoms with Gasteiger partial charge in [-0.25, -0.2) is 0 Å². The largest absolute Gasteiger partial charge is 0.381 e. The topological polar surface area (TPSA) is 65.4 Å². The van der Waals surface area contributed by atoms with Gasteiger partial charge in [-0.3, -0.25) is 4.79 Å². The van der Waals surface area contributed by atoms with Crippen molar-refractivity contribution in [2.24, 2.45) is 0 Å². The molecule has 0 aliphatic carbocycles. The second kappa shape index (κ2) is 7.23. The van der Waals surface area contributed by atoms with E-state index in [4.69, 9.17) is 4.74 Å². The average Bonchev–Trinajstić information content (AvgIpc) is 2.61. The lowest BCUT2D eigenvalue weighted by atomic mass is 9.91.